The van der Waals surface area contributed by atoms with Crippen LogP contribution in [-0.2, 0) is 11.3 Å². The van der Waals surface area contributed by atoms with Crippen molar-refractivity contribution in [3.05, 3.63) is 29.3 Å². The second-order valence-corrected chi connectivity index (χ2v) is 6.74. The number of aromatic nitrogens is 3. The molecule has 0 bridgehead atoms. The predicted octanol–water partition coefficient (Wildman–Crippen LogP) is 2.35. The van der Waals surface area contributed by atoms with Crippen LogP contribution in [0.2, 0.25) is 0 Å². The first-order valence-corrected chi connectivity index (χ1v) is 7.54. The lowest BCUT2D eigenvalue weighted by Gasteiger charge is -2.44. The summed E-state index contributed by atoms with van der Waals surface area (Å²) >= 11 is 0. The quantitative estimate of drug-likeness (QED) is 0.851. The highest BCUT2D eigenvalue weighted by Crippen LogP contribution is 2.24. The average Bonchev–Trinajstić information content (AvgIpc) is 2.77. The van der Waals surface area contributed by atoms with Crippen molar-refractivity contribution >= 4 is 5.78 Å². The molecule has 0 spiro atoms. The summed E-state index contributed by atoms with van der Waals surface area (Å²) in [7, 11) is 0. The number of rotatable bonds is 2. The standard InChI is InChI=1S/C16H24N4O/c1-11-6-12(2)20-14(7-17-15(20)18-11)9-19-8-13(3)21-10-16(19,4)5/h6-7,13H,8-10H2,1-5H3/t13-/m1/s1. The lowest BCUT2D eigenvalue weighted by Crippen LogP contribution is -2.55. The molecule has 0 saturated carbocycles. The number of imidazole rings is 1. The van der Waals surface area contributed by atoms with E-state index in [1.165, 1.54) is 11.4 Å². The normalized spacial score (nSPS) is 22.8. The molecule has 1 fully saturated rings. The Balaban J connectivity index is 1.94. The van der Waals surface area contributed by atoms with Crippen molar-refractivity contribution in [2.75, 3.05) is 13.2 Å². The Morgan fingerprint density at radius 1 is 1.38 bits per heavy atom. The molecule has 3 rings (SSSR count). The predicted molar refractivity (Wildman–Crippen MR) is 82.4 cm³/mol. The van der Waals surface area contributed by atoms with Gasteiger partial charge in [0.15, 0.2) is 0 Å². The summed E-state index contributed by atoms with van der Waals surface area (Å²) in [6.07, 6.45) is 2.23. The van der Waals surface area contributed by atoms with Crippen LogP contribution >= 0.6 is 0 Å². The summed E-state index contributed by atoms with van der Waals surface area (Å²) in [5, 5.41) is 0. The van der Waals surface area contributed by atoms with Crippen molar-refractivity contribution in [2.24, 2.45) is 0 Å². The number of aryl methyl sites for hydroxylation is 2. The molecule has 1 atom stereocenters. The van der Waals surface area contributed by atoms with Crippen LogP contribution in [0.15, 0.2) is 12.3 Å². The Bertz CT molecular complexity index is 662. The van der Waals surface area contributed by atoms with Crippen molar-refractivity contribution in [1.29, 1.82) is 0 Å². The van der Waals surface area contributed by atoms with Crippen molar-refractivity contribution in [3.63, 3.8) is 0 Å². The monoisotopic (exact) mass is 288 g/mol. The maximum absolute atomic E-state index is 5.79. The fourth-order valence-electron chi connectivity index (χ4n) is 3.03. The van der Waals surface area contributed by atoms with Crippen LogP contribution in [0, 0.1) is 13.8 Å². The first kappa shape index (κ1) is 14.5. The zero-order valence-electron chi connectivity index (χ0n) is 13.6. The fraction of sp³-hybridized carbons (Fsp3) is 0.625. The third-order valence-electron chi connectivity index (χ3n) is 4.27. The zero-order valence-corrected chi connectivity index (χ0v) is 13.6. The minimum Gasteiger partial charge on any atom is -0.375 e. The number of ether oxygens (including phenoxy) is 1. The molecule has 0 unspecified atom stereocenters. The molecule has 1 saturated heterocycles. The number of hydrogen-bond acceptors (Lipinski definition) is 4. The third kappa shape index (κ3) is 2.68. The molecule has 1 aliphatic heterocycles. The summed E-state index contributed by atoms with van der Waals surface area (Å²) in [4.78, 5) is 11.5. The van der Waals surface area contributed by atoms with E-state index < -0.39 is 0 Å². The van der Waals surface area contributed by atoms with Gasteiger partial charge in [0.25, 0.3) is 0 Å². The molecule has 2 aromatic rings. The largest absolute Gasteiger partial charge is 0.375 e. The molecule has 1 aliphatic rings. The van der Waals surface area contributed by atoms with E-state index in [4.69, 9.17) is 4.74 Å². The number of morpholine rings is 1. The van der Waals surface area contributed by atoms with E-state index in [0.717, 1.165) is 31.2 Å². The SMILES string of the molecule is Cc1cc(C)n2c(CN3C[C@@H](C)OCC3(C)C)cnc2n1. The lowest BCUT2D eigenvalue weighted by atomic mass is 10.0. The highest BCUT2D eigenvalue weighted by atomic mass is 16.5. The lowest BCUT2D eigenvalue weighted by molar-refractivity contribution is -0.0954. The molecule has 0 N–H and O–H groups in total. The molecule has 2 aromatic heterocycles. The van der Waals surface area contributed by atoms with Crippen molar-refractivity contribution in [2.45, 2.75) is 52.8 Å². The van der Waals surface area contributed by atoms with Crippen molar-refractivity contribution in [3.8, 4) is 0 Å². The van der Waals surface area contributed by atoms with Gasteiger partial charge in [-0.3, -0.25) is 9.30 Å². The average molecular weight is 288 g/mol. The van der Waals surface area contributed by atoms with E-state index in [9.17, 15) is 0 Å². The van der Waals surface area contributed by atoms with Gasteiger partial charge in [-0.25, -0.2) is 9.97 Å². The summed E-state index contributed by atoms with van der Waals surface area (Å²) in [6.45, 7) is 13.3. The van der Waals surface area contributed by atoms with E-state index >= 15 is 0 Å². The van der Waals surface area contributed by atoms with Crippen LogP contribution in [0.5, 0.6) is 0 Å². The Kier molecular flexibility index (Phi) is 3.50. The second kappa shape index (κ2) is 5.07. The first-order chi connectivity index (χ1) is 9.87. The van der Waals surface area contributed by atoms with E-state index in [2.05, 4.69) is 53.0 Å². The fourth-order valence-corrected chi connectivity index (χ4v) is 3.03. The summed E-state index contributed by atoms with van der Waals surface area (Å²) in [6, 6.07) is 2.10. The van der Waals surface area contributed by atoms with E-state index in [0.29, 0.717) is 0 Å². The topological polar surface area (TPSA) is 42.7 Å². The number of hydrogen-bond donors (Lipinski definition) is 0. The van der Waals surface area contributed by atoms with E-state index in [1.54, 1.807) is 0 Å². The molecule has 5 nitrogen and oxygen atoms in total. The van der Waals surface area contributed by atoms with Gasteiger partial charge in [0.1, 0.15) is 0 Å². The maximum atomic E-state index is 5.79. The molecule has 0 aliphatic carbocycles. The minimum atomic E-state index is 0.0443. The minimum absolute atomic E-state index is 0.0443. The first-order valence-electron chi connectivity index (χ1n) is 7.54. The van der Waals surface area contributed by atoms with Crippen molar-refractivity contribution < 1.29 is 4.74 Å². The van der Waals surface area contributed by atoms with Crippen LogP contribution in [0.1, 0.15) is 37.9 Å². The molecule has 0 amide bonds. The summed E-state index contributed by atoms with van der Waals surface area (Å²) in [5.74, 6) is 0.793. The van der Waals surface area contributed by atoms with Crippen LogP contribution < -0.4 is 0 Å². The highest BCUT2D eigenvalue weighted by Gasteiger charge is 2.33. The van der Waals surface area contributed by atoms with Gasteiger partial charge >= 0.3 is 0 Å². The number of fused-ring (bicyclic) bond motifs is 1. The van der Waals surface area contributed by atoms with Gasteiger partial charge in [-0.1, -0.05) is 0 Å². The smallest absolute Gasteiger partial charge is 0.234 e. The Morgan fingerprint density at radius 2 is 2.14 bits per heavy atom. The van der Waals surface area contributed by atoms with Gasteiger partial charge < -0.3 is 4.74 Å². The molecule has 21 heavy (non-hydrogen) atoms. The Labute approximate surface area is 126 Å². The van der Waals surface area contributed by atoms with Gasteiger partial charge in [-0.2, -0.15) is 0 Å². The highest BCUT2D eigenvalue weighted by molar-refractivity contribution is 5.35. The van der Waals surface area contributed by atoms with E-state index in [-0.39, 0.29) is 11.6 Å². The van der Waals surface area contributed by atoms with Gasteiger partial charge in [0, 0.05) is 30.0 Å². The molecular formula is C16H24N4O. The molecule has 5 heteroatoms. The maximum Gasteiger partial charge on any atom is 0.234 e. The zero-order chi connectivity index (χ0) is 15.2. The van der Waals surface area contributed by atoms with Crippen molar-refractivity contribution in [1.82, 2.24) is 19.3 Å². The van der Waals surface area contributed by atoms with Gasteiger partial charge in [-0.05, 0) is 40.7 Å². The third-order valence-corrected chi connectivity index (χ3v) is 4.27. The van der Waals surface area contributed by atoms with Gasteiger partial charge in [0.05, 0.1) is 24.6 Å². The second-order valence-electron chi connectivity index (χ2n) is 6.74. The molecule has 0 aromatic carbocycles. The summed E-state index contributed by atoms with van der Waals surface area (Å²) in [5.41, 5.74) is 3.43. The Morgan fingerprint density at radius 3 is 2.90 bits per heavy atom. The number of nitrogens with zero attached hydrogens (tertiary/aromatic N) is 4. The van der Waals surface area contributed by atoms with Crippen LogP contribution in [0.3, 0.4) is 0 Å². The van der Waals surface area contributed by atoms with E-state index in [1.807, 2.05) is 13.1 Å². The van der Waals surface area contributed by atoms with Gasteiger partial charge in [-0.15, -0.1) is 0 Å². The van der Waals surface area contributed by atoms with Crippen LogP contribution in [-0.4, -0.2) is 44.1 Å². The van der Waals surface area contributed by atoms with Gasteiger partial charge in [0.2, 0.25) is 5.78 Å². The van der Waals surface area contributed by atoms with Crippen LogP contribution in [0.25, 0.3) is 5.78 Å². The molecule has 3 heterocycles. The van der Waals surface area contributed by atoms with Crippen LogP contribution in [0.4, 0.5) is 0 Å². The summed E-state index contributed by atoms with van der Waals surface area (Å²) < 4.78 is 7.95. The molecule has 0 radical (unpaired) electrons. The molecular weight excluding hydrogens is 264 g/mol. The Hall–Kier alpha value is -1.46. The molecule has 114 valence electrons.